The Labute approximate surface area is 168 Å². The van der Waals surface area contributed by atoms with Gasteiger partial charge in [-0.3, -0.25) is 9.59 Å². The van der Waals surface area contributed by atoms with E-state index in [1.807, 2.05) is 60.7 Å². The van der Waals surface area contributed by atoms with Gasteiger partial charge in [0.15, 0.2) is 0 Å². The molecule has 0 amide bonds. The van der Waals surface area contributed by atoms with E-state index in [1.54, 1.807) is 0 Å². The summed E-state index contributed by atoms with van der Waals surface area (Å²) in [5.41, 5.74) is 11.7. The van der Waals surface area contributed by atoms with E-state index in [9.17, 15) is 14.7 Å². The van der Waals surface area contributed by atoms with E-state index in [2.05, 4.69) is 12.1 Å². The first-order chi connectivity index (χ1) is 14.1. The zero-order valence-corrected chi connectivity index (χ0v) is 15.7. The minimum atomic E-state index is -1.07. The number of rotatable bonds is 7. The number of benzene rings is 3. The Morgan fingerprint density at radius 1 is 0.966 bits per heavy atom. The molecular weight excluding hydrogens is 366 g/mol. The van der Waals surface area contributed by atoms with Gasteiger partial charge in [0.2, 0.25) is 0 Å². The van der Waals surface area contributed by atoms with Gasteiger partial charge in [-0.15, -0.1) is 0 Å². The summed E-state index contributed by atoms with van der Waals surface area (Å²) in [7, 11) is 0. The van der Waals surface area contributed by atoms with Gasteiger partial charge < -0.3 is 15.6 Å². The highest BCUT2D eigenvalue weighted by molar-refractivity contribution is 5.79. The van der Waals surface area contributed by atoms with Crippen LogP contribution < -0.4 is 5.73 Å². The topological polar surface area (TPSA) is 89.6 Å². The van der Waals surface area contributed by atoms with Crippen LogP contribution in [0, 0.1) is 0 Å². The maximum Gasteiger partial charge on any atom is 0.320 e. The van der Waals surface area contributed by atoms with Crippen LogP contribution in [0.5, 0.6) is 0 Å². The van der Waals surface area contributed by atoms with Gasteiger partial charge in [0.05, 0.1) is 5.92 Å². The predicted octanol–water partition coefficient (Wildman–Crippen LogP) is 3.67. The van der Waals surface area contributed by atoms with E-state index >= 15 is 0 Å². The molecular formula is C24H21NO4. The molecule has 5 heteroatoms. The highest BCUT2D eigenvalue weighted by Gasteiger charge is 2.37. The van der Waals surface area contributed by atoms with E-state index < -0.39 is 18.1 Å². The monoisotopic (exact) mass is 387 g/mol. The molecule has 0 aliphatic heterocycles. The number of carbonyl (C=O) groups is 2. The molecule has 0 saturated carbocycles. The van der Waals surface area contributed by atoms with Crippen LogP contribution in [-0.4, -0.2) is 23.6 Å². The lowest BCUT2D eigenvalue weighted by Crippen LogP contribution is -2.33. The molecule has 5 nitrogen and oxygen atoms in total. The zero-order chi connectivity index (χ0) is 20.4. The molecule has 0 radical (unpaired) electrons. The van der Waals surface area contributed by atoms with E-state index in [1.165, 1.54) is 0 Å². The Morgan fingerprint density at radius 2 is 1.52 bits per heavy atom. The summed E-state index contributed by atoms with van der Waals surface area (Å²) >= 11 is 0. The van der Waals surface area contributed by atoms with E-state index in [0.717, 1.165) is 33.4 Å². The zero-order valence-electron chi connectivity index (χ0n) is 15.7. The quantitative estimate of drug-likeness (QED) is 0.604. The van der Waals surface area contributed by atoms with Crippen molar-refractivity contribution in [3.05, 3.63) is 95.1 Å². The largest absolute Gasteiger partial charge is 0.480 e. The Morgan fingerprint density at radius 3 is 2.10 bits per heavy atom. The van der Waals surface area contributed by atoms with Crippen LogP contribution >= 0.6 is 0 Å². The average molecular weight is 387 g/mol. The summed E-state index contributed by atoms with van der Waals surface area (Å²) in [4.78, 5) is 22.8. The second-order valence-corrected chi connectivity index (χ2v) is 7.15. The van der Waals surface area contributed by atoms with Crippen molar-refractivity contribution in [3.8, 4) is 11.1 Å². The van der Waals surface area contributed by atoms with Crippen molar-refractivity contribution in [2.45, 2.75) is 24.5 Å². The second-order valence-electron chi connectivity index (χ2n) is 7.15. The number of carbonyl (C=O) groups excluding carboxylic acids is 1. The van der Waals surface area contributed by atoms with Gasteiger partial charge in [-0.25, -0.2) is 0 Å². The molecule has 3 aromatic rings. The van der Waals surface area contributed by atoms with E-state index in [0.29, 0.717) is 6.47 Å². The van der Waals surface area contributed by atoms with Gasteiger partial charge in [-0.05, 0) is 39.8 Å². The SMILES string of the molecule is NC(Cc1ccccc1C(OC=O)C1c2ccccc2-c2ccccc21)C(=O)O. The fraction of sp³-hybridized carbons (Fsp3) is 0.167. The molecule has 3 N–H and O–H groups in total. The number of nitrogens with two attached hydrogens (primary N) is 1. The van der Waals surface area contributed by atoms with Crippen molar-refractivity contribution in [2.24, 2.45) is 5.73 Å². The van der Waals surface area contributed by atoms with Crippen molar-refractivity contribution in [2.75, 3.05) is 0 Å². The van der Waals surface area contributed by atoms with Crippen molar-refractivity contribution in [3.63, 3.8) is 0 Å². The number of hydrogen-bond acceptors (Lipinski definition) is 4. The van der Waals surface area contributed by atoms with Crippen LogP contribution in [-0.2, 0) is 20.7 Å². The number of carboxylic acids is 1. The molecule has 0 bridgehead atoms. The fourth-order valence-corrected chi connectivity index (χ4v) is 4.23. The Kier molecular flexibility index (Phi) is 5.14. The summed E-state index contributed by atoms with van der Waals surface area (Å²) in [6.45, 7) is 0.460. The number of aliphatic carboxylic acids is 1. The van der Waals surface area contributed by atoms with Gasteiger partial charge in [0.1, 0.15) is 12.1 Å². The lowest BCUT2D eigenvalue weighted by atomic mass is 9.84. The Hall–Kier alpha value is -3.44. The molecule has 29 heavy (non-hydrogen) atoms. The van der Waals surface area contributed by atoms with Crippen molar-refractivity contribution in [1.29, 1.82) is 0 Å². The number of fused-ring (bicyclic) bond motifs is 3. The van der Waals surface area contributed by atoms with Crippen molar-refractivity contribution >= 4 is 12.4 Å². The lowest BCUT2D eigenvalue weighted by molar-refractivity contribution is -0.138. The number of carboxylic acid groups (broad SMARTS) is 1. The smallest absolute Gasteiger partial charge is 0.320 e. The molecule has 0 saturated heterocycles. The molecule has 1 aliphatic carbocycles. The lowest BCUT2D eigenvalue weighted by Gasteiger charge is -2.27. The van der Waals surface area contributed by atoms with Gasteiger partial charge in [0, 0.05) is 0 Å². The minimum absolute atomic E-state index is 0.153. The summed E-state index contributed by atoms with van der Waals surface area (Å²) in [6, 6.07) is 22.5. The van der Waals surface area contributed by atoms with Gasteiger partial charge in [0.25, 0.3) is 6.47 Å². The van der Waals surface area contributed by atoms with Gasteiger partial charge in [-0.2, -0.15) is 0 Å². The molecule has 4 rings (SSSR count). The van der Waals surface area contributed by atoms with Crippen LogP contribution in [0.25, 0.3) is 11.1 Å². The first kappa shape index (κ1) is 18.9. The number of ether oxygens (including phenoxy) is 1. The molecule has 2 unspecified atom stereocenters. The van der Waals surface area contributed by atoms with Crippen molar-refractivity contribution < 1.29 is 19.4 Å². The molecule has 0 spiro atoms. The maximum atomic E-state index is 11.5. The van der Waals surface area contributed by atoms with E-state index in [-0.39, 0.29) is 12.3 Å². The first-order valence-corrected chi connectivity index (χ1v) is 9.45. The van der Waals surface area contributed by atoms with Crippen LogP contribution in [0.3, 0.4) is 0 Å². The molecule has 0 heterocycles. The standard InChI is InChI=1S/C24H21NO4/c25-21(24(27)28)13-15-7-1-2-8-16(15)23(29-14-26)22-19-11-5-3-9-17(19)18-10-4-6-12-20(18)22/h1-12,14,21-23H,13,25H2,(H,27,28). The maximum absolute atomic E-state index is 11.5. The summed E-state index contributed by atoms with van der Waals surface area (Å²) < 4.78 is 5.64. The first-order valence-electron chi connectivity index (χ1n) is 9.45. The van der Waals surface area contributed by atoms with Crippen LogP contribution in [0.1, 0.15) is 34.3 Å². The van der Waals surface area contributed by atoms with Crippen LogP contribution in [0.4, 0.5) is 0 Å². The molecule has 146 valence electrons. The fourth-order valence-electron chi connectivity index (χ4n) is 4.23. The van der Waals surface area contributed by atoms with Crippen molar-refractivity contribution in [1.82, 2.24) is 0 Å². The summed E-state index contributed by atoms with van der Waals surface area (Å²) in [6.07, 6.45) is -0.435. The van der Waals surface area contributed by atoms with Crippen LogP contribution in [0.15, 0.2) is 72.8 Å². The molecule has 2 atom stereocenters. The highest BCUT2D eigenvalue weighted by atomic mass is 16.5. The Bertz CT molecular complexity index is 1020. The molecule has 3 aromatic carbocycles. The van der Waals surface area contributed by atoms with E-state index in [4.69, 9.17) is 10.5 Å². The molecule has 0 aromatic heterocycles. The average Bonchev–Trinajstić information content (AvgIpc) is 3.07. The Balaban J connectivity index is 1.85. The normalized spacial score (nSPS) is 14.5. The van der Waals surface area contributed by atoms with Gasteiger partial charge >= 0.3 is 5.97 Å². The third kappa shape index (κ3) is 3.41. The summed E-state index contributed by atoms with van der Waals surface area (Å²) in [5.74, 6) is -1.25. The van der Waals surface area contributed by atoms with Crippen LogP contribution in [0.2, 0.25) is 0 Å². The number of hydrogen-bond donors (Lipinski definition) is 2. The molecule has 1 aliphatic rings. The molecule has 0 fully saturated rings. The highest BCUT2D eigenvalue weighted by Crippen LogP contribution is 2.51. The predicted molar refractivity (Wildman–Crippen MR) is 109 cm³/mol. The third-order valence-corrected chi connectivity index (χ3v) is 5.51. The second kappa shape index (κ2) is 7.89. The minimum Gasteiger partial charge on any atom is -0.480 e. The summed E-state index contributed by atoms with van der Waals surface area (Å²) in [5, 5.41) is 9.24. The third-order valence-electron chi connectivity index (χ3n) is 5.51. The van der Waals surface area contributed by atoms with Gasteiger partial charge in [-0.1, -0.05) is 72.8 Å².